The van der Waals surface area contributed by atoms with Gasteiger partial charge in [0.2, 0.25) is 5.82 Å². The van der Waals surface area contributed by atoms with E-state index in [0.717, 1.165) is 21.1 Å². The summed E-state index contributed by atoms with van der Waals surface area (Å²) in [6, 6.07) is 19.6. The van der Waals surface area contributed by atoms with Gasteiger partial charge in [-0.1, -0.05) is 51.4 Å². The third kappa shape index (κ3) is 3.72. The Balaban J connectivity index is 1.70. The lowest BCUT2D eigenvalue weighted by molar-refractivity contribution is 0.575. The first kappa shape index (κ1) is 17.4. The van der Waals surface area contributed by atoms with Gasteiger partial charge in [-0.25, -0.2) is 0 Å². The van der Waals surface area contributed by atoms with Crippen molar-refractivity contribution in [3.8, 4) is 17.3 Å². The molecule has 0 saturated carbocycles. The van der Waals surface area contributed by atoms with Gasteiger partial charge in [0, 0.05) is 20.9 Å². The molecule has 4 aromatic rings. The van der Waals surface area contributed by atoms with Gasteiger partial charge in [0.1, 0.15) is 0 Å². The summed E-state index contributed by atoms with van der Waals surface area (Å²) in [7, 11) is 0. The number of furan rings is 1. The average molecular weight is 447 g/mol. The first-order valence-electron chi connectivity index (χ1n) is 7.83. The maximum atomic E-state index is 6.04. The van der Waals surface area contributed by atoms with E-state index in [2.05, 4.69) is 38.3 Å². The Morgan fingerprint density at radius 1 is 1.00 bits per heavy atom. The maximum Gasteiger partial charge on any atom is 0.205 e. The second-order valence-corrected chi connectivity index (χ2v) is 7.81. The molecule has 4 nitrogen and oxygen atoms in total. The number of rotatable bonds is 5. The van der Waals surface area contributed by atoms with Gasteiger partial charge in [0.15, 0.2) is 10.9 Å². The van der Waals surface area contributed by atoms with E-state index >= 15 is 0 Å². The Hall–Kier alpha value is -2.02. The summed E-state index contributed by atoms with van der Waals surface area (Å²) in [5, 5.41) is 10.2. The van der Waals surface area contributed by atoms with Crippen LogP contribution in [0.2, 0.25) is 5.02 Å². The van der Waals surface area contributed by atoms with Crippen LogP contribution in [0.5, 0.6) is 0 Å². The zero-order valence-electron chi connectivity index (χ0n) is 13.5. The van der Waals surface area contributed by atoms with Crippen LogP contribution >= 0.6 is 39.3 Å². The lowest BCUT2D eigenvalue weighted by Gasteiger charge is -2.09. The van der Waals surface area contributed by atoms with Crippen LogP contribution < -0.4 is 0 Å². The molecule has 0 bridgehead atoms. The van der Waals surface area contributed by atoms with Crippen LogP contribution in [0.3, 0.4) is 0 Å². The van der Waals surface area contributed by atoms with Crippen molar-refractivity contribution >= 4 is 39.3 Å². The number of benzene rings is 2. The first-order chi connectivity index (χ1) is 12.7. The fraction of sp³-hybridized carbons (Fsp3) is 0.0526. The quantitative estimate of drug-likeness (QED) is 0.341. The van der Waals surface area contributed by atoms with E-state index in [4.69, 9.17) is 16.0 Å². The van der Waals surface area contributed by atoms with Crippen LogP contribution in [0.1, 0.15) is 5.56 Å². The standard InChI is InChI=1S/C19H13BrClN3OS/c20-14-5-3-13(4-6-14)12-26-19-23-22-18(17-2-1-11-25-17)24(19)16-9-7-15(21)8-10-16/h1-11H,12H2. The molecule has 4 rings (SSSR count). The molecule has 0 radical (unpaired) electrons. The molecule has 0 atom stereocenters. The van der Waals surface area contributed by atoms with Crippen molar-refractivity contribution < 1.29 is 4.42 Å². The number of hydrogen-bond donors (Lipinski definition) is 0. The maximum absolute atomic E-state index is 6.04. The average Bonchev–Trinajstić information content (AvgIpc) is 3.31. The minimum atomic E-state index is 0.663. The van der Waals surface area contributed by atoms with Gasteiger partial charge < -0.3 is 4.42 Å². The largest absolute Gasteiger partial charge is 0.461 e. The molecule has 0 fully saturated rings. The van der Waals surface area contributed by atoms with Crippen molar-refractivity contribution in [1.29, 1.82) is 0 Å². The van der Waals surface area contributed by atoms with E-state index < -0.39 is 0 Å². The Kier molecular flexibility index (Phi) is 5.15. The number of thioether (sulfide) groups is 1. The van der Waals surface area contributed by atoms with E-state index in [1.54, 1.807) is 18.0 Å². The smallest absolute Gasteiger partial charge is 0.205 e. The molecule has 2 aromatic heterocycles. The summed E-state index contributed by atoms with van der Waals surface area (Å²) in [5.41, 5.74) is 2.15. The molecular formula is C19H13BrClN3OS. The highest BCUT2D eigenvalue weighted by molar-refractivity contribution is 9.10. The van der Waals surface area contributed by atoms with Crippen LogP contribution in [0.15, 0.2) is 81.0 Å². The lowest BCUT2D eigenvalue weighted by atomic mass is 10.2. The monoisotopic (exact) mass is 445 g/mol. The molecule has 26 heavy (non-hydrogen) atoms. The highest BCUT2D eigenvalue weighted by Gasteiger charge is 2.18. The second kappa shape index (κ2) is 7.70. The molecule has 0 N–H and O–H groups in total. The Bertz CT molecular complexity index is 998. The van der Waals surface area contributed by atoms with E-state index in [-0.39, 0.29) is 0 Å². The van der Waals surface area contributed by atoms with Gasteiger partial charge in [-0.3, -0.25) is 4.57 Å². The van der Waals surface area contributed by atoms with E-state index in [9.17, 15) is 0 Å². The van der Waals surface area contributed by atoms with Crippen LogP contribution in [0.25, 0.3) is 17.3 Å². The van der Waals surface area contributed by atoms with E-state index in [1.807, 2.05) is 53.1 Å². The molecule has 0 saturated heterocycles. The van der Waals surface area contributed by atoms with Crippen molar-refractivity contribution in [2.75, 3.05) is 0 Å². The van der Waals surface area contributed by atoms with Gasteiger partial charge in [-0.2, -0.15) is 0 Å². The summed E-state index contributed by atoms with van der Waals surface area (Å²) in [6.45, 7) is 0. The Labute approximate surface area is 168 Å². The molecule has 0 unspecified atom stereocenters. The van der Waals surface area contributed by atoms with Crippen LogP contribution in [-0.4, -0.2) is 14.8 Å². The summed E-state index contributed by atoms with van der Waals surface area (Å²) in [5.74, 6) is 2.12. The normalized spacial score (nSPS) is 11.0. The van der Waals surface area contributed by atoms with Crippen molar-refractivity contribution in [2.45, 2.75) is 10.9 Å². The van der Waals surface area contributed by atoms with Crippen LogP contribution in [0, 0.1) is 0 Å². The van der Waals surface area contributed by atoms with Crippen molar-refractivity contribution in [1.82, 2.24) is 14.8 Å². The molecule has 0 aliphatic carbocycles. The minimum absolute atomic E-state index is 0.663. The Morgan fingerprint density at radius 3 is 2.46 bits per heavy atom. The van der Waals surface area contributed by atoms with E-state index in [1.165, 1.54) is 5.56 Å². The highest BCUT2D eigenvalue weighted by atomic mass is 79.9. The van der Waals surface area contributed by atoms with Gasteiger partial charge in [-0.05, 0) is 54.1 Å². The van der Waals surface area contributed by atoms with Gasteiger partial charge in [-0.15, -0.1) is 10.2 Å². The van der Waals surface area contributed by atoms with E-state index in [0.29, 0.717) is 16.6 Å². The molecule has 0 aliphatic heterocycles. The molecule has 0 spiro atoms. The zero-order chi connectivity index (χ0) is 17.9. The second-order valence-electron chi connectivity index (χ2n) is 5.51. The van der Waals surface area contributed by atoms with Gasteiger partial charge in [0.25, 0.3) is 0 Å². The zero-order valence-corrected chi connectivity index (χ0v) is 16.6. The highest BCUT2D eigenvalue weighted by Crippen LogP contribution is 2.30. The van der Waals surface area contributed by atoms with Gasteiger partial charge >= 0.3 is 0 Å². The molecule has 130 valence electrons. The summed E-state index contributed by atoms with van der Waals surface area (Å²) in [4.78, 5) is 0. The van der Waals surface area contributed by atoms with Crippen molar-refractivity contribution in [2.24, 2.45) is 0 Å². The SMILES string of the molecule is Clc1ccc(-n2c(SCc3ccc(Br)cc3)nnc2-c2ccco2)cc1. The lowest BCUT2D eigenvalue weighted by Crippen LogP contribution is -1.99. The predicted octanol–water partition coefficient (Wildman–Crippen LogP) is 6.24. The third-order valence-corrected chi connectivity index (χ3v) is 5.52. The predicted molar refractivity (Wildman–Crippen MR) is 108 cm³/mol. The van der Waals surface area contributed by atoms with Crippen molar-refractivity contribution in [3.05, 3.63) is 82.0 Å². The van der Waals surface area contributed by atoms with Gasteiger partial charge in [0.05, 0.1) is 6.26 Å². The third-order valence-electron chi connectivity index (χ3n) is 3.74. The number of hydrogen-bond acceptors (Lipinski definition) is 4. The van der Waals surface area contributed by atoms with Crippen molar-refractivity contribution in [3.63, 3.8) is 0 Å². The minimum Gasteiger partial charge on any atom is -0.461 e. The number of halogens is 2. The van der Waals surface area contributed by atoms with Crippen LogP contribution in [-0.2, 0) is 5.75 Å². The molecule has 0 amide bonds. The first-order valence-corrected chi connectivity index (χ1v) is 9.99. The molecule has 2 heterocycles. The molecule has 7 heteroatoms. The Morgan fingerprint density at radius 2 is 1.77 bits per heavy atom. The van der Waals surface area contributed by atoms with Crippen LogP contribution in [0.4, 0.5) is 0 Å². The summed E-state index contributed by atoms with van der Waals surface area (Å²) < 4.78 is 8.58. The summed E-state index contributed by atoms with van der Waals surface area (Å²) in [6.07, 6.45) is 1.63. The fourth-order valence-corrected chi connectivity index (χ4v) is 3.78. The fourth-order valence-electron chi connectivity index (χ4n) is 2.48. The summed E-state index contributed by atoms with van der Waals surface area (Å²) >= 11 is 11.1. The molecular weight excluding hydrogens is 434 g/mol. The number of aromatic nitrogens is 3. The number of nitrogens with zero attached hydrogens (tertiary/aromatic N) is 3. The molecule has 2 aromatic carbocycles. The molecule has 0 aliphatic rings. The topological polar surface area (TPSA) is 43.9 Å².